The van der Waals surface area contributed by atoms with Crippen LogP contribution in [-0.2, 0) is 6.54 Å². The third-order valence-electron chi connectivity index (χ3n) is 2.76. The van der Waals surface area contributed by atoms with Gasteiger partial charge in [-0.05, 0) is 39.2 Å². The van der Waals surface area contributed by atoms with Crippen LogP contribution in [0.4, 0.5) is 0 Å². The molecule has 0 fully saturated rings. The molecule has 0 atom stereocenters. The molecule has 0 aliphatic heterocycles. The highest BCUT2D eigenvalue weighted by molar-refractivity contribution is 7.12. The maximum absolute atomic E-state index is 5.39. The van der Waals surface area contributed by atoms with Crippen molar-refractivity contribution >= 4 is 11.3 Å². The second-order valence-electron chi connectivity index (χ2n) is 4.85. The average Bonchev–Trinajstić information content (AvgIpc) is 2.81. The molecular formula is C15H25N3S. The third-order valence-corrected chi connectivity index (χ3v) is 3.74. The highest BCUT2D eigenvalue weighted by Crippen LogP contribution is 2.17. The van der Waals surface area contributed by atoms with Crippen molar-refractivity contribution in [3.8, 4) is 11.8 Å². The van der Waals surface area contributed by atoms with Crippen molar-refractivity contribution in [3.05, 3.63) is 21.9 Å². The molecule has 1 rings (SSSR count). The Kier molecular flexibility index (Phi) is 7.76. The molecule has 0 saturated heterocycles. The van der Waals surface area contributed by atoms with Crippen LogP contribution in [0, 0.1) is 11.8 Å². The molecule has 0 aliphatic rings. The molecule has 0 unspecified atom stereocenters. The van der Waals surface area contributed by atoms with E-state index >= 15 is 0 Å². The van der Waals surface area contributed by atoms with E-state index in [1.165, 1.54) is 11.3 Å². The number of nitrogens with zero attached hydrogens (tertiary/aromatic N) is 2. The lowest BCUT2D eigenvalue weighted by molar-refractivity contribution is 0.235. The second kappa shape index (κ2) is 9.11. The molecule has 0 radical (unpaired) electrons. The van der Waals surface area contributed by atoms with E-state index in [9.17, 15) is 0 Å². The number of hydrogen-bond acceptors (Lipinski definition) is 4. The summed E-state index contributed by atoms with van der Waals surface area (Å²) in [7, 11) is 4.24. The van der Waals surface area contributed by atoms with Crippen molar-refractivity contribution < 1.29 is 0 Å². The summed E-state index contributed by atoms with van der Waals surface area (Å²) in [5.41, 5.74) is 5.39. The van der Waals surface area contributed by atoms with Crippen molar-refractivity contribution in [3.63, 3.8) is 0 Å². The summed E-state index contributed by atoms with van der Waals surface area (Å²) in [6, 6.07) is 4.28. The fourth-order valence-electron chi connectivity index (χ4n) is 1.82. The first-order valence-corrected chi connectivity index (χ1v) is 7.62. The van der Waals surface area contributed by atoms with E-state index in [0.29, 0.717) is 6.54 Å². The molecule has 0 spiro atoms. The Morgan fingerprint density at radius 3 is 2.63 bits per heavy atom. The number of likely N-dealkylation sites (N-methyl/N-ethyl adjacent to an activating group) is 1. The van der Waals surface area contributed by atoms with Gasteiger partial charge >= 0.3 is 0 Å². The normalized spacial score (nSPS) is 10.8. The molecule has 1 heterocycles. The van der Waals surface area contributed by atoms with Gasteiger partial charge in [-0.3, -0.25) is 4.90 Å². The van der Waals surface area contributed by atoms with Crippen LogP contribution < -0.4 is 5.73 Å². The zero-order chi connectivity index (χ0) is 14.1. The molecule has 0 saturated carbocycles. The van der Waals surface area contributed by atoms with Crippen LogP contribution in [-0.4, -0.2) is 50.1 Å². The van der Waals surface area contributed by atoms with Gasteiger partial charge in [-0.2, -0.15) is 0 Å². The maximum Gasteiger partial charge on any atom is 0.0772 e. The van der Waals surface area contributed by atoms with E-state index in [1.807, 2.05) is 0 Å². The molecule has 4 heteroatoms. The van der Waals surface area contributed by atoms with Crippen molar-refractivity contribution in [1.29, 1.82) is 0 Å². The maximum atomic E-state index is 5.39. The number of hydrogen-bond donors (Lipinski definition) is 1. The van der Waals surface area contributed by atoms with E-state index in [-0.39, 0.29) is 0 Å². The zero-order valence-corrected chi connectivity index (χ0v) is 13.1. The molecule has 0 aliphatic carbocycles. The number of nitrogens with two attached hydrogens (primary N) is 1. The van der Waals surface area contributed by atoms with Gasteiger partial charge in [0.05, 0.1) is 11.4 Å². The SMILES string of the molecule is CCCN(CCN(C)C)Cc1ccc(C#CCN)s1. The Balaban J connectivity index is 2.55. The van der Waals surface area contributed by atoms with Crippen molar-refractivity contribution in [1.82, 2.24) is 9.80 Å². The minimum atomic E-state index is 0.429. The van der Waals surface area contributed by atoms with E-state index < -0.39 is 0 Å². The van der Waals surface area contributed by atoms with Gasteiger partial charge in [-0.1, -0.05) is 18.8 Å². The van der Waals surface area contributed by atoms with Gasteiger partial charge in [0.15, 0.2) is 0 Å². The minimum absolute atomic E-state index is 0.429. The summed E-state index contributed by atoms with van der Waals surface area (Å²) in [5, 5.41) is 0. The first kappa shape index (κ1) is 16.2. The van der Waals surface area contributed by atoms with Gasteiger partial charge in [0.2, 0.25) is 0 Å². The van der Waals surface area contributed by atoms with Crippen LogP contribution in [0.5, 0.6) is 0 Å². The minimum Gasteiger partial charge on any atom is -0.320 e. The van der Waals surface area contributed by atoms with Gasteiger partial charge < -0.3 is 10.6 Å². The molecule has 19 heavy (non-hydrogen) atoms. The Morgan fingerprint density at radius 2 is 2.00 bits per heavy atom. The van der Waals surface area contributed by atoms with Gasteiger partial charge in [-0.15, -0.1) is 11.3 Å². The first-order valence-electron chi connectivity index (χ1n) is 6.80. The quantitative estimate of drug-likeness (QED) is 0.773. The Labute approximate surface area is 121 Å². The number of thiophene rings is 1. The van der Waals surface area contributed by atoms with Crippen LogP contribution in [0.3, 0.4) is 0 Å². The monoisotopic (exact) mass is 279 g/mol. The summed E-state index contributed by atoms with van der Waals surface area (Å²) in [4.78, 5) is 7.24. The molecule has 0 aromatic carbocycles. The van der Waals surface area contributed by atoms with Gasteiger partial charge in [-0.25, -0.2) is 0 Å². The van der Waals surface area contributed by atoms with Gasteiger partial charge in [0.25, 0.3) is 0 Å². The molecule has 2 N–H and O–H groups in total. The summed E-state index contributed by atoms with van der Waals surface area (Å²) in [6.45, 7) is 7.05. The molecule has 1 aromatic heterocycles. The molecule has 3 nitrogen and oxygen atoms in total. The second-order valence-corrected chi connectivity index (χ2v) is 6.02. The smallest absolute Gasteiger partial charge is 0.0772 e. The lowest BCUT2D eigenvalue weighted by Crippen LogP contribution is -2.31. The molecule has 1 aromatic rings. The van der Waals surface area contributed by atoms with E-state index in [4.69, 9.17) is 5.73 Å². The highest BCUT2D eigenvalue weighted by Gasteiger charge is 2.07. The average molecular weight is 279 g/mol. The lowest BCUT2D eigenvalue weighted by atomic mass is 10.3. The topological polar surface area (TPSA) is 32.5 Å². The van der Waals surface area contributed by atoms with Crippen molar-refractivity contribution in [2.45, 2.75) is 19.9 Å². The van der Waals surface area contributed by atoms with Crippen LogP contribution >= 0.6 is 11.3 Å². The summed E-state index contributed by atoms with van der Waals surface area (Å²) in [6.07, 6.45) is 1.19. The summed E-state index contributed by atoms with van der Waals surface area (Å²) >= 11 is 1.78. The van der Waals surface area contributed by atoms with Crippen LogP contribution in [0.15, 0.2) is 12.1 Å². The van der Waals surface area contributed by atoms with Crippen molar-refractivity contribution in [2.75, 3.05) is 40.3 Å². The van der Waals surface area contributed by atoms with Crippen molar-refractivity contribution in [2.24, 2.45) is 5.73 Å². The summed E-state index contributed by atoms with van der Waals surface area (Å²) < 4.78 is 0. The molecule has 0 amide bonds. The third kappa shape index (κ3) is 6.74. The zero-order valence-electron chi connectivity index (χ0n) is 12.3. The predicted octanol–water partition coefficient (Wildman–Crippen LogP) is 1.83. The van der Waals surface area contributed by atoms with Crippen LogP contribution in [0.2, 0.25) is 0 Å². The fraction of sp³-hybridized carbons (Fsp3) is 0.600. The van der Waals surface area contributed by atoms with Crippen LogP contribution in [0.25, 0.3) is 0 Å². The molecule has 0 bridgehead atoms. The first-order chi connectivity index (χ1) is 9.15. The largest absolute Gasteiger partial charge is 0.320 e. The van der Waals surface area contributed by atoms with Gasteiger partial charge in [0, 0.05) is 24.5 Å². The summed E-state index contributed by atoms with van der Waals surface area (Å²) in [5.74, 6) is 6.00. The Hall–Kier alpha value is -0.860. The van der Waals surface area contributed by atoms with E-state index in [0.717, 1.165) is 31.1 Å². The Morgan fingerprint density at radius 1 is 1.21 bits per heavy atom. The van der Waals surface area contributed by atoms with E-state index in [1.54, 1.807) is 11.3 Å². The van der Waals surface area contributed by atoms with E-state index in [2.05, 4.69) is 54.8 Å². The Bertz CT molecular complexity index is 415. The molecular weight excluding hydrogens is 254 g/mol. The lowest BCUT2D eigenvalue weighted by Gasteiger charge is -2.22. The fourth-order valence-corrected chi connectivity index (χ4v) is 2.74. The van der Waals surface area contributed by atoms with Gasteiger partial charge in [0.1, 0.15) is 0 Å². The predicted molar refractivity (Wildman–Crippen MR) is 84.4 cm³/mol. The number of rotatable bonds is 7. The highest BCUT2D eigenvalue weighted by atomic mass is 32.1. The van der Waals surface area contributed by atoms with Crippen LogP contribution in [0.1, 0.15) is 23.1 Å². The molecule has 106 valence electrons. The standard InChI is InChI=1S/C15H25N3S/c1-4-10-18(12-11-17(2)3)13-15-8-7-14(19-15)6-5-9-16/h7-8H,4,9-13,16H2,1-3H3.